The van der Waals surface area contributed by atoms with Crippen molar-refractivity contribution >= 4 is 11.8 Å². The van der Waals surface area contributed by atoms with E-state index < -0.39 is 5.41 Å². The first-order chi connectivity index (χ1) is 10.00. The Balaban J connectivity index is 1.88. The van der Waals surface area contributed by atoms with Crippen molar-refractivity contribution in [2.24, 2.45) is 10.8 Å². The van der Waals surface area contributed by atoms with E-state index in [0.717, 1.165) is 19.6 Å². The SMILES string of the molecule is COCCC1(CNC(=O)[C@]2(C)CCC(=O)NC2)CCCC1. The molecular weight excluding hydrogens is 268 g/mol. The lowest BCUT2D eigenvalue weighted by molar-refractivity contribution is -0.135. The van der Waals surface area contributed by atoms with Crippen LogP contribution in [-0.2, 0) is 14.3 Å². The van der Waals surface area contributed by atoms with E-state index in [4.69, 9.17) is 4.74 Å². The third kappa shape index (κ3) is 3.96. The normalized spacial score (nSPS) is 28.2. The van der Waals surface area contributed by atoms with Gasteiger partial charge < -0.3 is 15.4 Å². The van der Waals surface area contributed by atoms with E-state index >= 15 is 0 Å². The molecule has 0 bridgehead atoms. The molecule has 2 aliphatic rings. The van der Waals surface area contributed by atoms with Crippen LogP contribution in [0.1, 0.15) is 51.9 Å². The number of methoxy groups -OCH3 is 1. The van der Waals surface area contributed by atoms with Gasteiger partial charge in [0.15, 0.2) is 0 Å². The van der Waals surface area contributed by atoms with Crippen LogP contribution in [0.4, 0.5) is 0 Å². The highest BCUT2D eigenvalue weighted by molar-refractivity contribution is 5.86. The van der Waals surface area contributed by atoms with Crippen molar-refractivity contribution in [1.29, 1.82) is 0 Å². The number of ether oxygens (including phenoxy) is 1. The quantitative estimate of drug-likeness (QED) is 0.782. The van der Waals surface area contributed by atoms with E-state index in [0.29, 0.717) is 19.4 Å². The zero-order chi connectivity index (χ0) is 15.3. The molecule has 2 amide bonds. The minimum Gasteiger partial charge on any atom is -0.385 e. The monoisotopic (exact) mass is 296 g/mol. The topological polar surface area (TPSA) is 67.4 Å². The second-order valence-corrected chi connectivity index (χ2v) is 6.97. The summed E-state index contributed by atoms with van der Waals surface area (Å²) < 4.78 is 5.22. The van der Waals surface area contributed by atoms with Gasteiger partial charge in [0.2, 0.25) is 11.8 Å². The molecule has 1 atom stereocenters. The number of piperidine rings is 1. The maximum atomic E-state index is 12.5. The molecule has 5 heteroatoms. The van der Waals surface area contributed by atoms with Crippen LogP contribution < -0.4 is 10.6 Å². The molecule has 0 aromatic carbocycles. The Labute approximate surface area is 127 Å². The van der Waals surface area contributed by atoms with E-state index in [-0.39, 0.29) is 17.2 Å². The molecule has 0 radical (unpaired) electrons. The highest BCUT2D eigenvalue weighted by Gasteiger charge is 2.39. The second-order valence-electron chi connectivity index (χ2n) is 6.97. The maximum Gasteiger partial charge on any atom is 0.227 e. The Hall–Kier alpha value is -1.10. The molecule has 2 rings (SSSR count). The minimum atomic E-state index is -0.463. The van der Waals surface area contributed by atoms with E-state index in [1.807, 2.05) is 6.92 Å². The maximum absolute atomic E-state index is 12.5. The van der Waals surface area contributed by atoms with E-state index in [2.05, 4.69) is 10.6 Å². The summed E-state index contributed by atoms with van der Waals surface area (Å²) in [6, 6.07) is 0. The number of amides is 2. The van der Waals surface area contributed by atoms with Crippen LogP contribution in [0.5, 0.6) is 0 Å². The third-order valence-corrected chi connectivity index (χ3v) is 5.25. The van der Waals surface area contributed by atoms with Crippen molar-refractivity contribution in [3.63, 3.8) is 0 Å². The molecular formula is C16H28N2O3. The van der Waals surface area contributed by atoms with Crippen molar-refractivity contribution in [3.05, 3.63) is 0 Å². The molecule has 21 heavy (non-hydrogen) atoms. The summed E-state index contributed by atoms with van der Waals surface area (Å²) in [5.74, 6) is 0.124. The van der Waals surface area contributed by atoms with Crippen LogP contribution in [0, 0.1) is 10.8 Å². The van der Waals surface area contributed by atoms with Crippen LogP contribution in [0.25, 0.3) is 0 Å². The van der Waals surface area contributed by atoms with Crippen molar-refractivity contribution in [2.75, 3.05) is 26.8 Å². The van der Waals surface area contributed by atoms with Gasteiger partial charge in [-0.3, -0.25) is 9.59 Å². The van der Waals surface area contributed by atoms with Crippen molar-refractivity contribution < 1.29 is 14.3 Å². The molecule has 1 heterocycles. The van der Waals surface area contributed by atoms with Gasteiger partial charge in [0.05, 0.1) is 5.41 Å². The van der Waals surface area contributed by atoms with Crippen molar-refractivity contribution in [3.8, 4) is 0 Å². The molecule has 0 unspecified atom stereocenters. The molecule has 0 aromatic rings. The average molecular weight is 296 g/mol. The number of carbonyl (C=O) groups is 2. The Kier molecular flexibility index (Phi) is 5.25. The van der Waals surface area contributed by atoms with Gasteiger partial charge in [-0.05, 0) is 38.0 Å². The van der Waals surface area contributed by atoms with E-state index in [1.165, 1.54) is 25.7 Å². The smallest absolute Gasteiger partial charge is 0.227 e. The van der Waals surface area contributed by atoms with Crippen LogP contribution in [0.3, 0.4) is 0 Å². The average Bonchev–Trinajstić information content (AvgIpc) is 2.95. The highest BCUT2D eigenvalue weighted by Crippen LogP contribution is 2.40. The molecule has 1 saturated heterocycles. The fourth-order valence-electron chi connectivity index (χ4n) is 3.49. The summed E-state index contributed by atoms with van der Waals surface area (Å²) in [6.45, 7) is 3.88. The summed E-state index contributed by atoms with van der Waals surface area (Å²) in [4.78, 5) is 23.8. The largest absolute Gasteiger partial charge is 0.385 e. The van der Waals surface area contributed by atoms with Crippen LogP contribution in [-0.4, -0.2) is 38.6 Å². The third-order valence-electron chi connectivity index (χ3n) is 5.25. The predicted octanol–water partition coefficient (Wildman–Crippen LogP) is 1.62. The first-order valence-corrected chi connectivity index (χ1v) is 8.04. The van der Waals surface area contributed by atoms with Gasteiger partial charge in [-0.2, -0.15) is 0 Å². The molecule has 5 nitrogen and oxygen atoms in total. The fourth-order valence-corrected chi connectivity index (χ4v) is 3.49. The van der Waals surface area contributed by atoms with Gasteiger partial charge in [-0.1, -0.05) is 12.8 Å². The Morgan fingerprint density at radius 3 is 2.62 bits per heavy atom. The number of nitrogens with one attached hydrogen (secondary N) is 2. The molecule has 1 saturated carbocycles. The Morgan fingerprint density at radius 2 is 2.05 bits per heavy atom. The summed E-state index contributed by atoms with van der Waals surface area (Å²) in [5, 5.41) is 5.96. The van der Waals surface area contributed by atoms with E-state index in [9.17, 15) is 9.59 Å². The van der Waals surface area contributed by atoms with E-state index in [1.54, 1.807) is 7.11 Å². The van der Waals surface area contributed by atoms with Gasteiger partial charge in [0.25, 0.3) is 0 Å². The minimum absolute atomic E-state index is 0.0487. The van der Waals surface area contributed by atoms with Gasteiger partial charge in [-0.25, -0.2) is 0 Å². The van der Waals surface area contributed by atoms with Crippen LogP contribution in [0.15, 0.2) is 0 Å². The molecule has 120 valence electrons. The molecule has 2 fully saturated rings. The van der Waals surface area contributed by atoms with Gasteiger partial charge in [0.1, 0.15) is 0 Å². The summed E-state index contributed by atoms with van der Waals surface area (Å²) >= 11 is 0. The van der Waals surface area contributed by atoms with Crippen molar-refractivity contribution in [1.82, 2.24) is 10.6 Å². The predicted molar refractivity (Wildman–Crippen MR) is 80.8 cm³/mol. The van der Waals surface area contributed by atoms with Gasteiger partial charge >= 0.3 is 0 Å². The van der Waals surface area contributed by atoms with Gasteiger partial charge in [-0.15, -0.1) is 0 Å². The summed E-state index contributed by atoms with van der Waals surface area (Å²) in [5.41, 5.74) is -0.255. The molecule has 1 aliphatic heterocycles. The molecule has 1 aliphatic carbocycles. The number of hydrogen-bond acceptors (Lipinski definition) is 3. The molecule has 0 aromatic heterocycles. The molecule has 2 N–H and O–H groups in total. The number of hydrogen-bond donors (Lipinski definition) is 2. The second kappa shape index (κ2) is 6.77. The standard InChI is InChI=1S/C16H28N2O3/c1-15(8-5-13(19)17-11-15)14(20)18-12-16(9-10-21-2)6-3-4-7-16/h3-12H2,1-2H3,(H,17,19)(H,18,20)/t15-/m1/s1. The fraction of sp³-hybridized carbons (Fsp3) is 0.875. The summed E-state index contributed by atoms with van der Waals surface area (Å²) in [6.07, 6.45) is 6.92. The first-order valence-electron chi connectivity index (χ1n) is 8.04. The zero-order valence-electron chi connectivity index (χ0n) is 13.3. The number of rotatable bonds is 6. The van der Waals surface area contributed by atoms with Crippen molar-refractivity contribution in [2.45, 2.75) is 51.9 Å². The molecule has 0 spiro atoms. The lowest BCUT2D eigenvalue weighted by Gasteiger charge is -2.35. The lowest BCUT2D eigenvalue weighted by Crippen LogP contribution is -2.52. The van der Waals surface area contributed by atoms with Gasteiger partial charge in [0, 0.05) is 33.2 Å². The first kappa shape index (κ1) is 16.3. The lowest BCUT2D eigenvalue weighted by atomic mass is 9.80. The highest BCUT2D eigenvalue weighted by atomic mass is 16.5. The Morgan fingerprint density at radius 1 is 1.33 bits per heavy atom. The summed E-state index contributed by atoms with van der Waals surface area (Å²) in [7, 11) is 1.73. The van der Waals surface area contributed by atoms with Crippen LogP contribution >= 0.6 is 0 Å². The zero-order valence-corrected chi connectivity index (χ0v) is 13.3. The Bertz CT molecular complexity index is 379. The number of carbonyl (C=O) groups excluding carboxylic acids is 2. The van der Waals surface area contributed by atoms with Crippen LogP contribution in [0.2, 0.25) is 0 Å².